The van der Waals surface area contributed by atoms with E-state index in [9.17, 15) is 0 Å². The van der Waals surface area contributed by atoms with Crippen molar-refractivity contribution in [3.63, 3.8) is 0 Å². The Morgan fingerprint density at radius 1 is 1.41 bits per heavy atom. The van der Waals surface area contributed by atoms with Gasteiger partial charge in [0.25, 0.3) is 0 Å². The molecule has 1 aliphatic heterocycles. The summed E-state index contributed by atoms with van der Waals surface area (Å²) in [6.45, 7) is 16.5. The van der Waals surface area contributed by atoms with Crippen molar-refractivity contribution in [3.8, 4) is 0 Å². The summed E-state index contributed by atoms with van der Waals surface area (Å²) in [4.78, 5) is 2.60. The van der Waals surface area contributed by atoms with Crippen molar-refractivity contribution in [2.24, 2.45) is 5.92 Å². The van der Waals surface area contributed by atoms with E-state index in [1.165, 1.54) is 13.0 Å². The van der Waals surface area contributed by atoms with E-state index < -0.39 is 0 Å². The van der Waals surface area contributed by atoms with E-state index >= 15 is 0 Å². The zero-order chi connectivity index (χ0) is 12.9. The molecule has 3 heteroatoms. The van der Waals surface area contributed by atoms with E-state index in [0.29, 0.717) is 12.0 Å². The van der Waals surface area contributed by atoms with E-state index in [2.05, 4.69) is 44.8 Å². The fraction of sp³-hybridized carbons (Fsp3) is 1.00. The molecular weight excluding hydrogens is 212 g/mol. The summed E-state index contributed by atoms with van der Waals surface area (Å²) in [5.74, 6) is 0.696. The van der Waals surface area contributed by atoms with E-state index in [1.54, 1.807) is 0 Å². The Labute approximate surface area is 107 Å². The second-order valence-corrected chi connectivity index (χ2v) is 6.37. The van der Waals surface area contributed by atoms with Gasteiger partial charge in [0, 0.05) is 24.7 Å². The number of nitrogens with one attached hydrogen (secondary N) is 1. The first-order valence-electron chi connectivity index (χ1n) is 6.99. The molecule has 1 fully saturated rings. The highest BCUT2D eigenvalue weighted by molar-refractivity contribution is 4.78. The molecule has 17 heavy (non-hydrogen) atoms. The average molecular weight is 242 g/mol. The maximum atomic E-state index is 5.54. The van der Waals surface area contributed by atoms with Gasteiger partial charge in [-0.2, -0.15) is 0 Å². The van der Waals surface area contributed by atoms with Crippen molar-refractivity contribution in [2.45, 2.75) is 52.6 Å². The van der Waals surface area contributed by atoms with Crippen molar-refractivity contribution in [3.05, 3.63) is 0 Å². The first-order chi connectivity index (χ1) is 7.92. The molecule has 2 atom stereocenters. The second-order valence-electron chi connectivity index (χ2n) is 6.37. The van der Waals surface area contributed by atoms with Gasteiger partial charge in [-0.15, -0.1) is 0 Å². The Kier molecular flexibility index (Phi) is 5.90. The summed E-state index contributed by atoms with van der Waals surface area (Å²) in [6, 6.07) is 0.626. The number of ether oxygens (including phenoxy) is 1. The predicted octanol–water partition coefficient (Wildman–Crippen LogP) is 2.12. The zero-order valence-corrected chi connectivity index (χ0v) is 12.3. The van der Waals surface area contributed by atoms with Crippen LogP contribution in [0, 0.1) is 5.92 Å². The highest BCUT2D eigenvalue weighted by Gasteiger charge is 2.23. The van der Waals surface area contributed by atoms with Crippen LogP contribution in [0.5, 0.6) is 0 Å². The lowest BCUT2D eigenvalue weighted by atomic mass is 10.0. The van der Waals surface area contributed by atoms with Gasteiger partial charge in [-0.1, -0.05) is 13.8 Å². The third kappa shape index (κ3) is 5.84. The van der Waals surface area contributed by atoms with E-state index in [4.69, 9.17) is 4.74 Å². The molecule has 1 aliphatic rings. The van der Waals surface area contributed by atoms with Gasteiger partial charge in [0.1, 0.15) is 0 Å². The maximum Gasteiger partial charge on any atom is 0.0622 e. The van der Waals surface area contributed by atoms with Crippen molar-refractivity contribution in [1.29, 1.82) is 0 Å². The Bertz CT molecular complexity index is 213. The summed E-state index contributed by atoms with van der Waals surface area (Å²) in [5.41, 5.74) is 0.226. The molecule has 3 nitrogen and oxygen atoms in total. The molecule has 102 valence electrons. The minimum atomic E-state index is 0.226. The molecule has 1 N–H and O–H groups in total. The van der Waals surface area contributed by atoms with Gasteiger partial charge in [-0.25, -0.2) is 0 Å². The molecule has 1 rings (SSSR count). The van der Waals surface area contributed by atoms with Crippen LogP contribution in [-0.2, 0) is 4.74 Å². The van der Waals surface area contributed by atoms with Gasteiger partial charge in [0.2, 0.25) is 0 Å². The van der Waals surface area contributed by atoms with Gasteiger partial charge >= 0.3 is 0 Å². The Hall–Kier alpha value is -0.120. The van der Waals surface area contributed by atoms with Crippen LogP contribution in [-0.4, -0.2) is 49.3 Å². The number of nitrogens with zero attached hydrogens (tertiary/aromatic N) is 1. The summed E-state index contributed by atoms with van der Waals surface area (Å²) in [7, 11) is 0. The molecule has 0 spiro atoms. The normalized spacial score (nSPS) is 24.9. The van der Waals surface area contributed by atoms with E-state index in [-0.39, 0.29) is 5.54 Å². The Morgan fingerprint density at radius 3 is 2.71 bits per heavy atom. The van der Waals surface area contributed by atoms with Crippen LogP contribution in [0.2, 0.25) is 0 Å². The lowest BCUT2D eigenvalue weighted by Crippen LogP contribution is -2.48. The third-order valence-corrected chi connectivity index (χ3v) is 3.35. The van der Waals surface area contributed by atoms with Crippen molar-refractivity contribution in [1.82, 2.24) is 10.2 Å². The molecule has 0 bridgehead atoms. The molecule has 0 amide bonds. The summed E-state index contributed by atoms with van der Waals surface area (Å²) in [5, 5.41) is 3.59. The van der Waals surface area contributed by atoms with Crippen LogP contribution < -0.4 is 5.32 Å². The average Bonchev–Trinajstić information content (AvgIpc) is 2.26. The second kappa shape index (κ2) is 6.72. The summed E-state index contributed by atoms with van der Waals surface area (Å²) < 4.78 is 5.54. The van der Waals surface area contributed by atoms with Gasteiger partial charge < -0.3 is 10.1 Å². The fourth-order valence-corrected chi connectivity index (χ4v) is 2.25. The topological polar surface area (TPSA) is 24.5 Å². The van der Waals surface area contributed by atoms with E-state index in [0.717, 1.165) is 26.3 Å². The lowest BCUT2D eigenvalue weighted by molar-refractivity contribution is -0.0145. The predicted molar refractivity (Wildman–Crippen MR) is 73.4 cm³/mol. The van der Waals surface area contributed by atoms with Crippen molar-refractivity contribution >= 4 is 0 Å². The Morgan fingerprint density at radius 2 is 2.12 bits per heavy atom. The monoisotopic (exact) mass is 242 g/mol. The Balaban J connectivity index is 2.31. The van der Waals surface area contributed by atoms with Crippen LogP contribution in [0.4, 0.5) is 0 Å². The third-order valence-electron chi connectivity index (χ3n) is 3.35. The zero-order valence-electron chi connectivity index (χ0n) is 12.3. The van der Waals surface area contributed by atoms with Crippen LogP contribution >= 0.6 is 0 Å². The molecule has 0 saturated carbocycles. The van der Waals surface area contributed by atoms with Crippen molar-refractivity contribution < 1.29 is 4.74 Å². The maximum absolute atomic E-state index is 5.54. The molecule has 0 aromatic rings. The number of rotatable bonds is 5. The van der Waals surface area contributed by atoms with Crippen LogP contribution in [0.1, 0.15) is 41.0 Å². The van der Waals surface area contributed by atoms with Crippen LogP contribution in [0.25, 0.3) is 0 Å². The number of morpholine rings is 1. The number of hydrogen-bond acceptors (Lipinski definition) is 3. The molecule has 0 radical (unpaired) electrons. The first-order valence-corrected chi connectivity index (χ1v) is 6.99. The summed E-state index contributed by atoms with van der Waals surface area (Å²) >= 11 is 0. The smallest absolute Gasteiger partial charge is 0.0622 e. The van der Waals surface area contributed by atoms with Crippen molar-refractivity contribution in [2.75, 3.05) is 32.8 Å². The van der Waals surface area contributed by atoms with E-state index in [1.807, 2.05) is 0 Å². The molecule has 0 aromatic carbocycles. The van der Waals surface area contributed by atoms with Crippen LogP contribution in [0.15, 0.2) is 0 Å². The SMILES string of the molecule is CCC1COCCN1CC(C)CNC(C)(C)C. The molecule has 1 saturated heterocycles. The molecule has 0 aromatic heterocycles. The molecule has 0 aliphatic carbocycles. The molecular formula is C14H30N2O. The lowest BCUT2D eigenvalue weighted by Gasteiger charge is -2.37. The highest BCUT2D eigenvalue weighted by atomic mass is 16.5. The standard InChI is InChI=1S/C14H30N2O/c1-6-13-11-17-8-7-16(13)10-12(2)9-15-14(3,4)5/h12-13,15H,6-11H2,1-5H3. The van der Waals surface area contributed by atoms with Gasteiger partial charge in [0.15, 0.2) is 0 Å². The molecule has 1 heterocycles. The number of hydrogen-bond donors (Lipinski definition) is 1. The highest BCUT2D eigenvalue weighted by Crippen LogP contribution is 2.13. The minimum Gasteiger partial charge on any atom is -0.378 e. The summed E-state index contributed by atoms with van der Waals surface area (Å²) in [6.07, 6.45) is 1.19. The van der Waals surface area contributed by atoms with Gasteiger partial charge in [0.05, 0.1) is 13.2 Å². The molecule has 2 unspecified atom stereocenters. The first kappa shape index (κ1) is 14.9. The largest absolute Gasteiger partial charge is 0.378 e. The van der Waals surface area contributed by atoms with Gasteiger partial charge in [-0.05, 0) is 39.7 Å². The van der Waals surface area contributed by atoms with Crippen LogP contribution in [0.3, 0.4) is 0 Å². The fourth-order valence-electron chi connectivity index (χ4n) is 2.25. The quantitative estimate of drug-likeness (QED) is 0.799. The minimum absolute atomic E-state index is 0.226. The van der Waals surface area contributed by atoms with Gasteiger partial charge in [-0.3, -0.25) is 4.90 Å².